The average molecular weight is 1330 g/mol. The summed E-state index contributed by atoms with van der Waals surface area (Å²) in [4.78, 5) is 53.1. The summed E-state index contributed by atoms with van der Waals surface area (Å²) in [5.74, 6) is 3.18. The molecule has 3 saturated heterocycles. The van der Waals surface area contributed by atoms with Gasteiger partial charge in [0.25, 0.3) is 16.7 Å². The van der Waals surface area contributed by atoms with Gasteiger partial charge in [0.05, 0.1) is 4.47 Å². The Morgan fingerprint density at radius 1 is 0.430 bits per heavy atom. The SMILES string of the molecule is CN1CC2CC(C1)c1c(Br)cc(-c3ccccc3)c(=O)n1C2.CN1CC2CC(C1)c1c(Br)cc(-c3cccnc3)c(=O)n1C2.CN1CC2CC(C1)c1c(Br)cc(Br)c(=O)n1C2.OB(O)c1ccccc1.OB(O)c1cccnc1. The van der Waals surface area contributed by atoms with E-state index in [9.17, 15) is 14.4 Å². The number of likely N-dealkylation sites (tertiary alicyclic amines) is 3. The summed E-state index contributed by atoms with van der Waals surface area (Å²) >= 11 is 14.4. The van der Waals surface area contributed by atoms with E-state index in [-0.39, 0.29) is 16.7 Å². The number of aromatic nitrogens is 5. The maximum absolute atomic E-state index is 13.0. The van der Waals surface area contributed by atoms with Crippen molar-refractivity contribution >= 4 is 88.9 Å². The van der Waals surface area contributed by atoms with E-state index in [2.05, 4.69) is 110 Å². The van der Waals surface area contributed by atoms with E-state index in [1.165, 1.54) is 42.5 Å². The Morgan fingerprint density at radius 3 is 1.20 bits per heavy atom. The van der Waals surface area contributed by atoms with Crippen molar-refractivity contribution in [2.45, 2.75) is 56.7 Å². The van der Waals surface area contributed by atoms with E-state index < -0.39 is 14.2 Å². The van der Waals surface area contributed by atoms with Gasteiger partial charge in [0.1, 0.15) is 0 Å². The molecule has 0 radical (unpaired) electrons. The van der Waals surface area contributed by atoms with E-state index in [1.54, 1.807) is 55.0 Å². The standard InChI is InChI=1S/C18H19BrN2O.C17H18BrN3O.C12H14Br2N2O.C6H7BO2.C5H6BNO2/c1-20-9-12-7-14(11-20)17-16(19)8-15(18(22)21(17)10-12)13-5-3-2-4-6-13;1-20-8-11-5-13(10-20)16-15(18)6-14(17(22)21(16)9-11)12-3-2-4-19-7-12;1-15-4-7-2-8(6-15)11-9(13)3-10(14)12(17)16(11)5-7;8-7(9)6-4-2-1-3-5-6;8-6(9)5-2-1-3-7-4-5/h2-6,8,12,14H,7,9-11H2,1H3;2-4,6-7,11,13H,5,8-10H2,1H3;3,7-8H,2,4-6H2,1H3;1-5,8-9H;1-4,8-9H. The van der Waals surface area contributed by atoms with Gasteiger partial charge in [-0.15, -0.1) is 0 Å². The predicted molar refractivity (Wildman–Crippen MR) is 327 cm³/mol. The fourth-order valence-corrected chi connectivity index (χ4v) is 15.5. The molecule has 6 aliphatic heterocycles. The highest BCUT2D eigenvalue weighted by molar-refractivity contribution is 9.11. The molecule has 6 bridgehead atoms. The molecule has 21 heteroatoms. The Hall–Kier alpha value is -4.64. The Labute approximate surface area is 494 Å². The van der Waals surface area contributed by atoms with Crippen molar-refractivity contribution in [3.05, 3.63) is 194 Å². The van der Waals surface area contributed by atoms with Crippen LogP contribution in [-0.2, 0) is 19.6 Å². The van der Waals surface area contributed by atoms with Crippen molar-refractivity contribution in [3.63, 3.8) is 0 Å². The largest absolute Gasteiger partial charge is 0.490 e. The van der Waals surface area contributed by atoms with Gasteiger partial charge in [-0.1, -0.05) is 72.8 Å². The second-order valence-corrected chi connectivity index (χ2v) is 25.1. The number of nitrogens with zero attached hydrogens (tertiary/aromatic N) is 8. The number of benzene rings is 2. The van der Waals surface area contributed by atoms with E-state index in [4.69, 9.17) is 20.1 Å². The minimum atomic E-state index is -1.40. The quantitative estimate of drug-likeness (QED) is 0.139. The van der Waals surface area contributed by atoms with Crippen LogP contribution in [0.5, 0.6) is 0 Å². The molecule has 0 amide bonds. The molecule has 0 aliphatic carbocycles. The van der Waals surface area contributed by atoms with Crippen molar-refractivity contribution < 1.29 is 20.1 Å². The van der Waals surface area contributed by atoms with Gasteiger partial charge in [-0.2, -0.15) is 0 Å². The Bertz CT molecular complexity index is 3220. The first kappa shape index (κ1) is 59.0. The van der Waals surface area contributed by atoms with Gasteiger partial charge in [0.15, 0.2) is 0 Å². The van der Waals surface area contributed by atoms with Crippen LogP contribution < -0.4 is 27.6 Å². The van der Waals surface area contributed by atoms with Crippen molar-refractivity contribution in [1.29, 1.82) is 0 Å². The van der Waals surface area contributed by atoms with Gasteiger partial charge < -0.3 is 48.5 Å². The molecule has 0 spiro atoms. The second kappa shape index (κ2) is 26.5. The lowest BCUT2D eigenvalue weighted by atomic mass is 9.81. The third-order valence-electron chi connectivity index (χ3n) is 15.6. The number of halogens is 4. The van der Waals surface area contributed by atoms with Crippen molar-refractivity contribution in [2.24, 2.45) is 17.8 Å². The van der Waals surface area contributed by atoms with Gasteiger partial charge in [-0.05, 0) is 163 Å². The smallest absolute Gasteiger partial charge is 0.423 e. The third kappa shape index (κ3) is 14.0. The van der Waals surface area contributed by atoms with Crippen LogP contribution in [0.25, 0.3) is 22.3 Å². The maximum atomic E-state index is 13.0. The Kier molecular flexibility index (Phi) is 19.8. The molecule has 15 nitrogen and oxygen atoms in total. The van der Waals surface area contributed by atoms with Crippen LogP contribution in [-0.4, -0.2) is 133 Å². The molecule has 6 unspecified atom stereocenters. The highest BCUT2D eigenvalue weighted by Crippen LogP contribution is 2.42. The van der Waals surface area contributed by atoms with E-state index in [0.29, 0.717) is 50.9 Å². The van der Waals surface area contributed by atoms with Crippen LogP contribution in [0.3, 0.4) is 0 Å². The number of hydrogen-bond acceptors (Lipinski definition) is 12. The lowest BCUT2D eigenvalue weighted by Gasteiger charge is -2.42. The molecular formula is C58H64B2Br4N8O7. The second-order valence-electron chi connectivity index (χ2n) is 21.7. The van der Waals surface area contributed by atoms with E-state index >= 15 is 0 Å². The normalized spacial score (nSPS) is 21.5. The molecule has 4 N–H and O–H groups in total. The minimum Gasteiger partial charge on any atom is -0.423 e. The molecule has 0 saturated carbocycles. The Balaban J connectivity index is 0.000000125. The molecule has 2 aromatic carbocycles. The molecule has 6 atom stereocenters. The molecule has 6 aliphatic rings. The van der Waals surface area contributed by atoms with E-state index in [1.807, 2.05) is 80.4 Å². The lowest BCUT2D eigenvalue weighted by Crippen LogP contribution is -2.46. The number of piperidine rings is 3. The number of pyridine rings is 5. The fraction of sp³-hybridized carbons (Fsp3) is 0.362. The molecular weight excluding hydrogens is 1260 g/mol. The van der Waals surface area contributed by atoms with Crippen LogP contribution in [0.2, 0.25) is 0 Å². The summed E-state index contributed by atoms with van der Waals surface area (Å²) < 4.78 is 9.81. The zero-order valence-corrected chi connectivity index (χ0v) is 50.7. The van der Waals surface area contributed by atoms with Crippen LogP contribution in [0.4, 0.5) is 0 Å². The highest BCUT2D eigenvalue weighted by atomic mass is 79.9. The zero-order chi connectivity index (χ0) is 56.1. The van der Waals surface area contributed by atoms with Gasteiger partial charge in [-0.3, -0.25) is 24.4 Å². The van der Waals surface area contributed by atoms with Crippen molar-refractivity contribution in [2.75, 3.05) is 60.4 Å². The van der Waals surface area contributed by atoms with Crippen LogP contribution in [0, 0.1) is 17.8 Å². The van der Waals surface area contributed by atoms with Crippen molar-refractivity contribution in [1.82, 2.24) is 38.4 Å². The van der Waals surface area contributed by atoms with E-state index in [0.717, 1.165) is 94.6 Å². The first-order chi connectivity index (χ1) is 37.9. The summed E-state index contributed by atoms with van der Waals surface area (Å²) in [5, 5.41) is 34.2. The lowest BCUT2D eigenvalue weighted by molar-refractivity contribution is 0.144. The summed E-state index contributed by atoms with van der Waals surface area (Å²) in [6, 6.07) is 31.6. The van der Waals surface area contributed by atoms with Crippen LogP contribution >= 0.6 is 63.7 Å². The summed E-state index contributed by atoms with van der Waals surface area (Å²) in [7, 11) is 3.77. The molecule has 13 rings (SSSR count). The number of hydrogen-bond donors (Lipinski definition) is 4. The van der Waals surface area contributed by atoms with Crippen LogP contribution in [0.15, 0.2) is 160 Å². The molecule has 79 heavy (non-hydrogen) atoms. The molecule has 3 fully saturated rings. The summed E-state index contributed by atoms with van der Waals surface area (Å²) in [5.41, 5.74) is 8.27. The number of likely N-dealkylation sites (N-methyl/N-ethyl adjacent to an activating group) is 3. The summed E-state index contributed by atoms with van der Waals surface area (Å²) in [6.07, 6.45) is 10.1. The first-order valence-corrected chi connectivity index (χ1v) is 29.7. The Morgan fingerprint density at radius 2 is 0.810 bits per heavy atom. The summed E-state index contributed by atoms with van der Waals surface area (Å²) in [6.45, 7) is 8.92. The number of fused-ring (bicyclic) bond motifs is 12. The molecule has 11 heterocycles. The fourth-order valence-electron chi connectivity index (χ4n) is 12.5. The zero-order valence-electron chi connectivity index (χ0n) is 44.3. The maximum Gasteiger partial charge on any atom is 0.490 e. The first-order valence-electron chi connectivity index (χ1n) is 26.6. The van der Waals surface area contributed by atoms with Gasteiger partial charge >= 0.3 is 14.2 Å². The van der Waals surface area contributed by atoms with Crippen LogP contribution in [0.1, 0.15) is 54.1 Å². The van der Waals surface area contributed by atoms with Gasteiger partial charge in [0, 0.05) is 154 Å². The molecule has 7 aromatic rings. The monoisotopic (exact) mass is 1320 g/mol. The topological polar surface area (TPSA) is 182 Å². The molecule has 412 valence electrons. The highest BCUT2D eigenvalue weighted by Gasteiger charge is 2.38. The minimum absolute atomic E-state index is 0.113. The third-order valence-corrected chi connectivity index (χ3v) is 18.1. The predicted octanol–water partition coefficient (Wildman–Crippen LogP) is 6.60. The van der Waals surface area contributed by atoms with Gasteiger partial charge in [-0.25, -0.2) is 0 Å². The average Bonchev–Trinajstić information content (AvgIpc) is 3.50. The van der Waals surface area contributed by atoms with Crippen molar-refractivity contribution in [3.8, 4) is 22.3 Å². The number of rotatable bonds is 4. The van der Waals surface area contributed by atoms with Gasteiger partial charge in [0.2, 0.25) is 0 Å². The molecule has 5 aromatic heterocycles.